The molecule has 8 nitrogen and oxygen atoms in total. The lowest BCUT2D eigenvalue weighted by Gasteiger charge is -2.28. The third kappa shape index (κ3) is 4.01. The second-order valence-electron chi connectivity index (χ2n) is 4.44. The molecule has 0 aliphatic carbocycles. The van der Waals surface area contributed by atoms with Crippen LogP contribution in [0.5, 0.6) is 0 Å². The quantitative estimate of drug-likeness (QED) is 0.487. The van der Waals surface area contributed by atoms with E-state index in [0.717, 1.165) is 10.6 Å². The third-order valence-corrected chi connectivity index (χ3v) is 2.99. The first-order valence-electron chi connectivity index (χ1n) is 6.34. The number of aliphatic hydroxyl groups is 3. The van der Waals surface area contributed by atoms with Gasteiger partial charge in [-0.05, 0) is 13.3 Å². The van der Waals surface area contributed by atoms with Crippen molar-refractivity contribution in [3.8, 4) is 0 Å². The fourth-order valence-electron chi connectivity index (χ4n) is 1.75. The number of aromatic amines is 1. The van der Waals surface area contributed by atoms with Gasteiger partial charge in [-0.3, -0.25) is 14.3 Å². The fourth-order valence-corrected chi connectivity index (χ4v) is 1.75. The summed E-state index contributed by atoms with van der Waals surface area (Å²) in [5, 5.41) is 28.6. The van der Waals surface area contributed by atoms with E-state index in [-0.39, 0.29) is 0 Å². The van der Waals surface area contributed by atoms with Gasteiger partial charge in [-0.25, -0.2) is 4.79 Å². The molecule has 0 aliphatic rings. The lowest BCUT2D eigenvalue weighted by molar-refractivity contribution is -0.146. The van der Waals surface area contributed by atoms with Crippen LogP contribution in [0.25, 0.3) is 0 Å². The van der Waals surface area contributed by atoms with E-state index in [1.165, 1.54) is 13.1 Å². The summed E-state index contributed by atoms with van der Waals surface area (Å²) in [6.07, 6.45) is -2.62. The Labute approximate surface area is 115 Å². The van der Waals surface area contributed by atoms with Crippen molar-refractivity contribution in [1.82, 2.24) is 9.55 Å². The molecule has 1 aromatic heterocycles. The van der Waals surface area contributed by atoms with Crippen LogP contribution in [0.3, 0.4) is 0 Å². The minimum Gasteiger partial charge on any atom is -0.394 e. The highest BCUT2D eigenvalue weighted by Crippen LogP contribution is 2.13. The Balaban J connectivity index is 2.84. The van der Waals surface area contributed by atoms with Gasteiger partial charge in [0.25, 0.3) is 5.56 Å². The van der Waals surface area contributed by atoms with Gasteiger partial charge in [0.05, 0.1) is 12.7 Å². The zero-order chi connectivity index (χ0) is 15.3. The summed E-state index contributed by atoms with van der Waals surface area (Å²) in [6.45, 7) is 2.69. The highest BCUT2D eigenvalue weighted by molar-refractivity contribution is 4.84. The van der Waals surface area contributed by atoms with Gasteiger partial charge < -0.3 is 20.1 Å². The van der Waals surface area contributed by atoms with Crippen LogP contribution in [0.15, 0.2) is 21.9 Å². The summed E-state index contributed by atoms with van der Waals surface area (Å²) in [6, 6.07) is 1.16. The summed E-state index contributed by atoms with van der Waals surface area (Å²) in [5.41, 5.74) is -1.19. The number of H-pyrrole nitrogens is 1. The molecule has 0 saturated heterocycles. The number of aliphatic hydroxyl groups excluding tert-OH is 3. The molecule has 1 heterocycles. The van der Waals surface area contributed by atoms with Crippen LogP contribution in [0.1, 0.15) is 26.5 Å². The lowest BCUT2D eigenvalue weighted by Crippen LogP contribution is -2.43. The van der Waals surface area contributed by atoms with Crippen LogP contribution < -0.4 is 11.2 Å². The number of aromatic nitrogens is 2. The SMILES string of the molecule is CC[C@H](O)[C@H](O)C(CO)O[C@H](C)n1ccc(=O)[nH]c1=O. The second kappa shape index (κ2) is 7.34. The average molecular weight is 288 g/mol. The molecule has 0 spiro atoms. The normalized spacial score (nSPS) is 17.4. The van der Waals surface area contributed by atoms with E-state index in [4.69, 9.17) is 4.74 Å². The van der Waals surface area contributed by atoms with Crippen LogP contribution >= 0.6 is 0 Å². The summed E-state index contributed by atoms with van der Waals surface area (Å²) in [5.74, 6) is 0. The monoisotopic (exact) mass is 288 g/mol. The molecule has 4 N–H and O–H groups in total. The summed E-state index contributed by atoms with van der Waals surface area (Å²) in [4.78, 5) is 24.6. The van der Waals surface area contributed by atoms with E-state index in [0.29, 0.717) is 6.42 Å². The highest BCUT2D eigenvalue weighted by atomic mass is 16.5. The molecule has 0 aromatic carbocycles. The molecule has 8 heteroatoms. The van der Waals surface area contributed by atoms with Crippen molar-refractivity contribution in [1.29, 1.82) is 0 Å². The van der Waals surface area contributed by atoms with Crippen LogP contribution in [0.2, 0.25) is 0 Å². The molecule has 0 radical (unpaired) electrons. The number of nitrogens with one attached hydrogen (secondary N) is 1. The highest BCUT2D eigenvalue weighted by Gasteiger charge is 2.27. The Morgan fingerprint density at radius 1 is 1.40 bits per heavy atom. The van der Waals surface area contributed by atoms with Crippen LogP contribution in [-0.4, -0.2) is 49.8 Å². The summed E-state index contributed by atoms with van der Waals surface area (Å²) >= 11 is 0. The fraction of sp³-hybridized carbons (Fsp3) is 0.667. The average Bonchev–Trinajstić information content (AvgIpc) is 2.42. The first-order valence-corrected chi connectivity index (χ1v) is 6.34. The minimum absolute atomic E-state index is 0.300. The van der Waals surface area contributed by atoms with Crippen molar-refractivity contribution >= 4 is 0 Å². The van der Waals surface area contributed by atoms with E-state index in [9.17, 15) is 24.9 Å². The maximum absolute atomic E-state index is 11.6. The molecule has 0 fully saturated rings. The summed E-state index contributed by atoms with van der Waals surface area (Å²) < 4.78 is 6.48. The van der Waals surface area contributed by atoms with Gasteiger partial charge in [0.2, 0.25) is 0 Å². The van der Waals surface area contributed by atoms with Gasteiger partial charge in [-0.1, -0.05) is 6.92 Å². The predicted octanol–water partition coefficient (Wildman–Crippen LogP) is -1.44. The topological polar surface area (TPSA) is 125 Å². The number of ether oxygens (including phenoxy) is 1. The van der Waals surface area contributed by atoms with Crippen LogP contribution in [-0.2, 0) is 4.74 Å². The van der Waals surface area contributed by atoms with E-state index in [1.807, 2.05) is 0 Å². The van der Waals surface area contributed by atoms with E-state index >= 15 is 0 Å². The first-order chi connectivity index (χ1) is 9.40. The molecule has 1 aromatic rings. The molecule has 0 aliphatic heterocycles. The molecular formula is C12H20N2O6. The molecule has 0 saturated carbocycles. The predicted molar refractivity (Wildman–Crippen MR) is 70.3 cm³/mol. The van der Waals surface area contributed by atoms with Crippen molar-refractivity contribution in [2.24, 2.45) is 0 Å². The van der Waals surface area contributed by atoms with Crippen molar-refractivity contribution in [2.45, 2.75) is 44.8 Å². The molecule has 0 amide bonds. The van der Waals surface area contributed by atoms with Crippen molar-refractivity contribution in [3.63, 3.8) is 0 Å². The maximum atomic E-state index is 11.6. The molecule has 1 unspecified atom stereocenters. The molecule has 0 bridgehead atoms. The largest absolute Gasteiger partial charge is 0.394 e. The van der Waals surface area contributed by atoms with Gasteiger partial charge in [0, 0.05) is 12.3 Å². The van der Waals surface area contributed by atoms with Gasteiger partial charge >= 0.3 is 5.69 Å². The minimum atomic E-state index is -1.27. The van der Waals surface area contributed by atoms with Crippen molar-refractivity contribution in [2.75, 3.05) is 6.61 Å². The van der Waals surface area contributed by atoms with Crippen LogP contribution in [0, 0.1) is 0 Å². The van der Waals surface area contributed by atoms with Gasteiger partial charge in [-0.15, -0.1) is 0 Å². The third-order valence-electron chi connectivity index (χ3n) is 2.99. The van der Waals surface area contributed by atoms with Crippen LogP contribution in [0.4, 0.5) is 0 Å². The molecule has 20 heavy (non-hydrogen) atoms. The van der Waals surface area contributed by atoms with E-state index in [2.05, 4.69) is 4.98 Å². The Bertz CT molecular complexity index is 525. The Kier molecular flexibility index (Phi) is 6.08. The van der Waals surface area contributed by atoms with Gasteiger partial charge in [0.15, 0.2) is 0 Å². The standard InChI is InChI=1S/C12H20N2O6/c1-3-8(16)11(18)9(6-15)20-7(2)14-5-4-10(17)13-12(14)19/h4-5,7-9,11,15-16,18H,3,6H2,1-2H3,(H,13,17,19)/t7-,8+,9?,11+/m1/s1. The van der Waals surface area contributed by atoms with Crippen molar-refractivity contribution < 1.29 is 20.1 Å². The number of hydrogen-bond acceptors (Lipinski definition) is 6. The first kappa shape index (κ1) is 16.6. The second-order valence-corrected chi connectivity index (χ2v) is 4.44. The zero-order valence-electron chi connectivity index (χ0n) is 11.4. The number of rotatable bonds is 7. The maximum Gasteiger partial charge on any atom is 0.330 e. The Morgan fingerprint density at radius 2 is 2.05 bits per heavy atom. The molecule has 4 atom stereocenters. The smallest absolute Gasteiger partial charge is 0.330 e. The lowest BCUT2D eigenvalue weighted by atomic mass is 10.1. The van der Waals surface area contributed by atoms with Crippen molar-refractivity contribution in [3.05, 3.63) is 33.1 Å². The Hall–Kier alpha value is -1.48. The molecular weight excluding hydrogens is 268 g/mol. The Morgan fingerprint density at radius 3 is 2.55 bits per heavy atom. The van der Waals surface area contributed by atoms with Gasteiger partial charge in [-0.2, -0.15) is 0 Å². The van der Waals surface area contributed by atoms with Gasteiger partial charge in [0.1, 0.15) is 18.4 Å². The van der Waals surface area contributed by atoms with E-state index < -0.39 is 42.4 Å². The molecule has 114 valence electrons. The number of hydrogen-bond donors (Lipinski definition) is 4. The zero-order valence-corrected chi connectivity index (χ0v) is 11.4. The van der Waals surface area contributed by atoms with E-state index in [1.54, 1.807) is 6.92 Å². The summed E-state index contributed by atoms with van der Waals surface area (Å²) in [7, 11) is 0. The number of nitrogens with zero attached hydrogens (tertiary/aromatic N) is 1. The molecule has 1 rings (SSSR count).